The van der Waals surface area contributed by atoms with Crippen LogP contribution in [0, 0.1) is 0 Å². The van der Waals surface area contributed by atoms with Gasteiger partial charge in [-0.05, 0) is 60.8 Å². The Balaban J connectivity index is 2.19. The van der Waals surface area contributed by atoms with E-state index >= 15 is 0 Å². The molecule has 1 heterocycles. The number of nitrogens with one attached hydrogen (secondary N) is 1. The summed E-state index contributed by atoms with van der Waals surface area (Å²) in [5, 5.41) is 0. The summed E-state index contributed by atoms with van der Waals surface area (Å²) in [5.41, 5.74) is 5.84. The summed E-state index contributed by atoms with van der Waals surface area (Å²) in [4.78, 5) is 0.205. The number of rotatable bonds is 3. The summed E-state index contributed by atoms with van der Waals surface area (Å²) in [7, 11) is -3.57. The van der Waals surface area contributed by atoms with Gasteiger partial charge in [0, 0.05) is 22.8 Å². The standard InChI is InChI=1S/C13H19BrN2O3S/c1-13(2)8-10(5-6-19-13)16-20(17,18)12-4-3-9(15)7-11(12)14/h3-4,7,10,16H,5-6,8,15H2,1-2H3. The molecule has 0 aromatic heterocycles. The largest absolute Gasteiger partial charge is 0.399 e. The summed E-state index contributed by atoms with van der Waals surface area (Å²) >= 11 is 3.25. The lowest BCUT2D eigenvalue weighted by Gasteiger charge is -2.35. The predicted molar refractivity (Wildman–Crippen MR) is 81.9 cm³/mol. The van der Waals surface area contributed by atoms with E-state index < -0.39 is 10.0 Å². The van der Waals surface area contributed by atoms with Gasteiger partial charge in [0.25, 0.3) is 0 Å². The molecule has 1 aliphatic rings. The Hall–Kier alpha value is -0.630. The first-order valence-corrected chi connectivity index (χ1v) is 8.68. The highest BCUT2D eigenvalue weighted by molar-refractivity contribution is 9.10. The lowest BCUT2D eigenvalue weighted by molar-refractivity contribution is -0.0599. The third-order valence-corrected chi connectivity index (χ3v) is 5.76. The molecule has 0 radical (unpaired) electrons. The maximum Gasteiger partial charge on any atom is 0.241 e. The summed E-state index contributed by atoms with van der Waals surface area (Å²) < 4.78 is 33.7. The number of hydrogen-bond donors (Lipinski definition) is 2. The zero-order chi connectivity index (χ0) is 15.0. The molecular formula is C13H19BrN2O3S. The van der Waals surface area contributed by atoms with Crippen LogP contribution < -0.4 is 10.5 Å². The van der Waals surface area contributed by atoms with Crippen LogP contribution in [0.3, 0.4) is 0 Å². The minimum absolute atomic E-state index is 0.117. The van der Waals surface area contributed by atoms with Crippen molar-refractivity contribution in [2.75, 3.05) is 12.3 Å². The summed E-state index contributed by atoms with van der Waals surface area (Å²) in [6.45, 7) is 4.49. The van der Waals surface area contributed by atoms with E-state index in [1.165, 1.54) is 6.07 Å². The van der Waals surface area contributed by atoms with E-state index in [1.54, 1.807) is 12.1 Å². The average molecular weight is 363 g/mol. The van der Waals surface area contributed by atoms with Crippen molar-refractivity contribution in [2.24, 2.45) is 0 Å². The van der Waals surface area contributed by atoms with Crippen molar-refractivity contribution < 1.29 is 13.2 Å². The fourth-order valence-corrected chi connectivity index (χ4v) is 4.72. The Morgan fingerprint density at radius 2 is 2.15 bits per heavy atom. The molecule has 7 heteroatoms. The first kappa shape index (κ1) is 15.8. The number of benzene rings is 1. The molecular weight excluding hydrogens is 344 g/mol. The van der Waals surface area contributed by atoms with Crippen LogP contribution in [-0.2, 0) is 14.8 Å². The highest BCUT2D eigenvalue weighted by Crippen LogP contribution is 2.28. The van der Waals surface area contributed by atoms with Crippen molar-refractivity contribution in [1.82, 2.24) is 4.72 Å². The van der Waals surface area contributed by atoms with Crippen molar-refractivity contribution in [1.29, 1.82) is 0 Å². The van der Waals surface area contributed by atoms with Gasteiger partial charge in [0.2, 0.25) is 10.0 Å². The third-order valence-electron chi connectivity index (χ3n) is 3.26. The molecule has 1 aromatic rings. The number of ether oxygens (including phenoxy) is 1. The molecule has 0 bridgehead atoms. The number of halogens is 1. The number of anilines is 1. The summed E-state index contributed by atoms with van der Waals surface area (Å²) in [5.74, 6) is 0. The van der Waals surface area contributed by atoms with E-state index in [1.807, 2.05) is 13.8 Å². The van der Waals surface area contributed by atoms with E-state index in [4.69, 9.17) is 10.5 Å². The molecule has 1 atom stereocenters. The Kier molecular flexibility index (Phi) is 4.44. The smallest absolute Gasteiger partial charge is 0.241 e. The molecule has 1 fully saturated rings. The van der Waals surface area contributed by atoms with Gasteiger partial charge in [-0.1, -0.05) is 0 Å². The lowest BCUT2D eigenvalue weighted by atomic mass is 9.95. The third kappa shape index (κ3) is 3.72. The van der Waals surface area contributed by atoms with Crippen LogP contribution in [0.1, 0.15) is 26.7 Å². The molecule has 0 amide bonds. The number of nitrogen functional groups attached to an aromatic ring is 1. The molecule has 3 N–H and O–H groups in total. The topological polar surface area (TPSA) is 81.4 Å². The Morgan fingerprint density at radius 3 is 2.75 bits per heavy atom. The van der Waals surface area contributed by atoms with E-state index in [9.17, 15) is 8.42 Å². The molecule has 0 spiro atoms. The fraction of sp³-hybridized carbons (Fsp3) is 0.538. The minimum Gasteiger partial charge on any atom is -0.399 e. The first-order valence-electron chi connectivity index (χ1n) is 6.41. The van der Waals surface area contributed by atoms with Crippen molar-refractivity contribution >= 4 is 31.6 Å². The molecule has 1 saturated heterocycles. The maximum atomic E-state index is 12.4. The zero-order valence-corrected chi connectivity index (χ0v) is 13.9. The molecule has 1 aromatic carbocycles. The van der Waals surface area contributed by atoms with Gasteiger partial charge in [0.15, 0.2) is 0 Å². The summed E-state index contributed by atoms with van der Waals surface area (Å²) in [6.07, 6.45) is 1.33. The molecule has 112 valence electrons. The first-order chi connectivity index (χ1) is 9.20. The molecule has 5 nitrogen and oxygen atoms in total. The molecule has 20 heavy (non-hydrogen) atoms. The second-order valence-corrected chi connectivity index (χ2v) is 8.15. The van der Waals surface area contributed by atoms with E-state index in [-0.39, 0.29) is 16.5 Å². The second kappa shape index (κ2) is 5.63. The van der Waals surface area contributed by atoms with Crippen LogP contribution in [-0.4, -0.2) is 26.7 Å². The molecule has 0 aliphatic carbocycles. The Bertz CT molecular complexity index is 602. The monoisotopic (exact) mass is 362 g/mol. The van der Waals surface area contributed by atoms with Gasteiger partial charge in [0.05, 0.1) is 10.5 Å². The van der Waals surface area contributed by atoms with Crippen LogP contribution in [0.4, 0.5) is 5.69 Å². The molecule has 2 rings (SSSR count). The molecule has 1 aliphatic heterocycles. The van der Waals surface area contributed by atoms with Crippen LogP contribution in [0.25, 0.3) is 0 Å². The van der Waals surface area contributed by atoms with Gasteiger partial charge in [-0.3, -0.25) is 0 Å². The van der Waals surface area contributed by atoms with Gasteiger partial charge in [-0.25, -0.2) is 13.1 Å². The van der Waals surface area contributed by atoms with Gasteiger partial charge in [-0.15, -0.1) is 0 Å². The van der Waals surface area contributed by atoms with Gasteiger partial charge in [-0.2, -0.15) is 0 Å². The van der Waals surface area contributed by atoms with E-state index in [2.05, 4.69) is 20.7 Å². The fourth-order valence-electron chi connectivity index (χ4n) is 2.35. The normalized spacial score (nSPS) is 22.6. The van der Waals surface area contributed by atoms with Crippen molar-refractivity contribution in [3.63, 3.8) is 0 Å². The summed E-state index contributed by atoms with van der Waals surface area (Å²) in [6, 6.07) is 4.55. The van der Waals surface area contributed by atoms with Crippen LogP contribution in [0.5, 0.6) is 0 Å². The zero-order valence-electron chi connectivity index (χ0n) is 11.5. The molecule has 0 saturated carbocycles. The van der Waals surface area contributed by atoms with Crippen LogP contribution in [0.2, 0.25) is 0 Å². The minimum atomic E-state index is -3.57. The Morgan fingerprint density at radius 1 is 1.45 bits per heavy atom. The molecule has 1 unspecified atom stereocenters. The highest BCUT2D eigenvalue weighted by atomic mass is 79.9. The average Bonchev–Trinajstić information content (AvgIpc) is 2.25. The van der Waals surface area contributed by atoms with E-state index in [0.29, 0.717) is 29.6 Å². The van der Waals surface area contributed by atoms with Crippen molar-refractivity contribution in [2.45, 2.75) is 43.2 Å². The van der Waals surface area contributed by atoms with Gasteiger partial charge >= 0.3 is 0 Å². The Labute approximate surface area is 128 Å². The predicted octanol–water partition coefficient (Wildman–Crippen LogP) is 2.27. The van der Waals surface area contributed by atoms with Crippen LogP contribution >= 0.6 is 15.9 Å². The number of nitrogens with two attached hydrogens (primary N) is 1. The van der Waals surface area contributed by atoms with Gasteiger partial charge in [0.1, 0.15) is 0 Å². The maximum absolute atomic E-state index is 12.4. The number of sulfonamides is 1. The van der Waals surface area contributed by atoms with Crippen LogP contribution in [0.15, 0.2) is 27.6 Å². The second-order valence-electron chi connectivity index (χ2n) is 5.61. The highest BCUT2D eigenvalue weighted by Gasteiger charge is 2.32. The van der Waals surface area contributed by atoms with Gasteiger partial charge < -0.3 is 10.5 Å². The van der Waals surface area contributed by atoms with E-state index in [0.717, 1.165) is 0 Å². The SMILES string of the molecule is CC1(C)CC(NS(=O)(=O)c2ccc(N)cc2Br)CCO1. The lowest BCUT2D eigenvalue weighted by Crippen LogP contribution is -2.45. The number of hydrogen-bond acceptors (Lipinski definition) is 4. The van der Waals surface area contributed by atoms with Crippen molar-refractivity contribution in [3.05, 3.63) is 22.7 Å². The quantitative estimate of drug-likeness (QED) is 0.808. The van der Waals surface area contributed by atoms with Crippen molar-refractivity contribution in [3.8, 4) is 0 Å².